The number of hydrazine groups is 1. The number of rotatable bonds is 2. The molecule has 3 atom stereocenters. The van der Waals surface area contributed by atoms with Crippen LogP contribution in [0.2, 0.25) is 5.02 Å². The van der Waals surface area contributed by atoms with Crippen molar-refractivity contribution < 1.29 is 22.8 Å². The van der Waals surface area contributed by atoms with Gasteiger partial charge in [-0.15, -0.1) is 0 Å². The number of hydrogen-bond acceptors (Lipinski definition) is 4. The number of anilines is 1. The predicted molar refractivity (Wildman–Crippen MR) is 103 cm³/mol. The molecule has 5 rings (SSSR count). The molecule has 3 aliphatic heterocycles. The summed E-state index contributed by atoms with van der Waals surface area (Å²) in [7, 11) is 0. The molecule has 3 aliphatic rings. The number of carbonyl (C=O) groups excluding carboxylic acids is 2. The van der Waals surface area contributed by atoms with Crippen LogP contribution >= 0.6 is 11.6 Å². The topological polar surface area (TPSA) is 43.9 Å². The van der Waals surface area contributed by atoms with Crippen molar-refractivity contribution in [1.82, 2.24) is 10.0 Å². The third kappa shape index (κ3) is 2.85. The van der Waals surface area contributed by atoms with Crippen LogP contribution in [-0.4, -0.2) is 41.0 Å². The van der Waals surface area contributed by atoms with Crippen LogP contribution in [0.1, 0.15) is 23.6 Å². The normalized spacial score (nSPS) is 27.1. The van der Waals surface area contributed by atoms with E-state index in [1.807, 2.05) is 22.2 Å². The molecule has 0 bridgehead atoms. The van der Waals surface area contributed by atoms with Crippen LogP contribution in [0.15, 0.2) is 48.5 Å². The summed E-state index contributed by atoms with van der Waals surface area (Å²) in [4.78, 5) is 27.6. The number of carbonyl (C=O) groups is 2. The van der Waals surface area contributed by atoms with E-state index in [0.29, 0.717) is 18.1 Å². The van der Waals surface area contributed by atoms with Crippen molar-refractivity contribution in [2.45, 2.75) is 24.7 Å². The van der Waals surface area contributed by atoms with E-state index in [1.165, 1.54) is 12.1 Å². The maximum atomic E-state index is 13.4. The van der Waals surface area contributed by atoms with Crippen molar-refractivity contribution in [2.24, 2.45) is 5.92 Å². The molecule has 2 amide bonds. The van der Waals surface area contributed by atoms with E-state index in [9.17, 15) is 22.8 Å². The van der Waals surface area contributed by atoms with Crippen molar-refractivity contribution in [2.75, 3.05) is 18.0 Å². The van der Waals surface area contributed by atoms with E-state index < -0.39 is 35.5 Å². The maximum absolute atomic E-state index is 13.4. The molecular formula is C21H17ClF3N3O2. The molecule has 3 saturated heterocycles. The first-order valence-corrected chi connectivity index (χ1v) is 9.99. The first kappa shape index (κ1) is 19.5. The van der Waals surface area contributed by atoms with E-state index in [4.69, 9.17) is 11.6 Å². The molecule has 0 unspecified atom stereocenters. The zero-order valence-corrected chi connectivity index (χ0v) is 16.4. The average Bonchev–Trinajstić information content (AvgIpc) is 3.34. The zero-order valence-electron chi connectivity index (χ0n) is 15.6. The van der Waals surface area contributed by atoms with E-state index in [2.05, 4.69) is 0 Å². The van der Waals surface area contributed by atoms with E-state index in [-0.39, 0.29) is 11.7 Å². The molecule has 0 aromatic heterocycles. The Hall–Kier alpha value is -2.42. The van der Waals surface area contributed by atoms with Crippen LogP contribution < -0.4 is 4.90 Å². The van der Waals surface area contributed by atoms with Gasteiger partial charge in [-0.1, -0.05) is 29.8 Å². The second kappa shape index (κ2) is 6.80. The Morgan fingerprint density at radius 1 is 0.900 bits per heavy atom. The fraction of sp³-hybridized carbons (Fsp3) is 0.333. The van der Waals surface area contributed by atoms with Gasteiger partial charge in [-0.3, -0.25) is 9.59 Å². The van der Waals surface area contributed by atoms with Crippen LogP contribution in [0.25, 0.3) is 0 Å². The van der Waals surface area contributed by atoms with Gasteiger partial charge in [-0.25, -0.2) is 14.9 Å². The Labute approximate surface area is 175 Å². The summed E-state index contributed by atoms with van der Waals surface area (Å²) < 4.78 is 39.5. The Morgan fingerprint density at radius 2 is 1.57 bits per heavy atom. The highest BCUT2D eigenvalue weighted by Crippen LogP contribution is 2.49. The Kier molecular flexibility index (Phi) is 4.43. The van der Waals surface area contributed by atoms with Crippen molar-refractivity contribution in [1.29, 1.82) is 0 Å². The van der Waals surface area contributed by atoms with Crippen molar-refractivity contribution in [3.63, 3.8) is 0 Å². The lowest BCUT2D eigenvalue weighted by atomic mass is 9.90. The molecule has 5 nitrogen and oxygen atoms in total. The average molecular weight is 436 g/mol. The van der Waals surface area contributed by atoms with Crippen LogP contribution in [0, 0.1) is 5.92 Å². The van der Waals surface area contributed by atoms with Gasteiger partial charge in [0.1, 0.15) is 6.04 Å². The summed E-state index contributed by atoms with van der Waals surface area (Å²) in [6, 6.07) is 10.4. The molecular weight excluding hydrogens is 419 g/mol. The third-order valence-electron chi connectivity index (χ3n) is 6.05. The highest BCUT2D eigenvalue weighted by molar-refractivity contribution is 6.30. The quantitative estimate of drug-likeness (QED) is 0.671. The predicted octanol–water partition coefficient (Wildman–Crippen LogP) is 3.89. The van der Waals surface area contributed by atoms with Gasteiger partial charge in [0, 0.05) is 18.1 Å². The highest BCUT2D eigenvalue weighted by Gasteiger charge is 2.62. The lowest BCUT2D eigenvalue weighted by Crippen LogP contribution is -2.44. The van der Waals surface area contributed by atoms with Crippen LogP contribution in [0.3, 0.4) is 0 Å². The SMILES string of the molecule is O=C1[C@H]2[C@@H](C(=O)N1c1cccc(C(F)(F)F)c1)N1CCCN1[C@H]2c1ccc(Cl)cc1. The summed E-state index contributed by atoms with van der Waals surface area (Å²) in [6.45, 7) is 1.34. The van der Waals surface area contributed by atoms with Gasteiger partial charge < -0.3 is 0 Å². The third-order valence-corrected chi connectivity index (χ3v) is 6.30. The van der Waals surface area contributed by atoms with Crippen LogP contribution in [0.4, 0.5) is 18.9 Å². The summed E-state index contributed by atoms with van der Waals surface area (Å²) in [5.74, 6) is -1.64. The summed E-state index contributed by atoms with van der Waals surface area (Å²) in [6.07, 6.45) is -3.71. The molecule has 2 aromatic rings. The lowest BCUT2D eigenvalue weighted by molar-refractivity contribution is -0.137. The van der Waals surface area contributed by atoms with E-state index in [0.717, 1.165) is 29.0 Å². The molecule has 156 valence electrons. The molecule has 0 radical (unpaired) electrons. The smallest absolute Gasteiger partial charge is 0.274 e. The maximum Gasteiger partial charge on any atom is 0.416 e. The summed E-state index contributed by atoms with van der Waals surface area (Å²) >= 11 is 6.00. The monoisotopic (exact) mass is 435 g/mol. The van der Waals surface area contributed by atoms with Crippen LogP contribution in [-0.2, 0) is 15.8 Å². The first-order chi connectivity index (χ1) is 14.3. The molecule has 0 saturated carbocycles. The molecule has 0 N–H and O–H groups in total. The van der Waals surface area contributed by atoms with Gasteiger partial charge >= 0.3 is 6.18 Å². The van der Waals surface area contributed by atoms with E-state index in [1.54, 1.807) is 12.1 Å². The molecule has 2 aromatic carbocycles. The van der Waals surface area contributed by atoms with E-state index >= 15 is 0 Å². The van der Waals surface area contributed by atoms with Crippen molar-refractivity contribution in [3.05, 3.63) is 64.7 Å². The van der Waals surface area contributed by atoms with Gasteiger partial charge in [-0.05, 0) is 42.3 Å². The molecule has 0 spiro atoms. The van der Waals surface area contributed by atoms with Gasteiger partial charge in [-0.2, -0.15) is 13.2 Å². The first-order valence-electron chi connectivity index (χ1n) is 9.61. The molecule has 3 heterocycles. The number of nitrogens with zero attached hydrogens (tertiary/aromatic N) is 3. The molecule has 3 fully saturated rings. The Bertz CT molecular complexity index is 1030. The largest absolute Gasteiger partial charge is 0.416 e. The Morgan fingerprint density at radius 3 is 2.23 bits per heavy atom. The minimum absolute atomic E-state index is 0.0465. The number of benzene rings is 2. The van der Waals surface area contributed by atoms with Crippen molar-refractivity contribution in [3.8, 4) is 0 Å². The second-order valence-electron chi connectivity index (χ2n) is 7.71. The minimum atomic E-state index is -4.56. The lowest BCUT2D eigenvalue weighted by Gasteiger charge is -2.30. The van der Waals surface area contributed by atoms with Crippen LogP contribution in [0.5, 0.6) is 0 Å². The van der Waals surface area contributed by atoms with Gasteiger partial charge in [0.2, 0.25) is 5.91 Å². The number of hydrogen-bond donors (Lipinski definition) is 0. The van der Waals surface area contributed by atoms with Gasteiger partial charge in [0.05, 0.1) is 23.2 Å². The fourth-order valence-electron chi connectivity index (χ4n) is 4.85. The molecule has 9 heteroatoms. The molecule has 0 aliphatic carbocycles. The Balaban J connectivity index is 1.56. The summed E-state index contributed by atoms with van der Waals surface area (Å²) in [5, 5.41) is 4.50. The number of fused-ring (bicyclic) bond motifs is 3. The number of amides is 2. The summed E-state index contributed by atoms with van der Waals surface area (Å²) in [5.41, 5.74) is -0.0876. The fourth-order valence-corrected chi connectivity index (χ4v) is 4.98. The van der Waals surface area contributed by atoms with Gasteiger partial charge in [0.25, 0.3) is 5.91 Å². The number of imide groups is 1. The zero-order chi connectivity index (χ0) is 21.2. The second-order valence-corrected chi connectivity index (χ2v) is 8.14. The molecule has 30 heavy (non-hydrogen) atoms. The minimum Gasteiger partial charge on any atom is -0.274 e. The standard InChI is InChI=1S/C21H17ClF3N3O2/c22-14-7-5-12(6-8-14)17-16-18(27-10-2-9-26(17)27)20(30)28(19(16)29)15-4-1-3-13(11-15)21(23,24)25/h1,3-8,11,16-18H,2,9-10H2/t16-,17+,18+/m1/s1. The van der Waals surface area contributed by atoms with Gasteiger partial charge in [0.15, 0.2) is 0 Å². The number of halogens is 4. The number of alkyl halides is 3. The highest BCUT2D eigenvalue weighted by atomic mass is 35.5. The van der Waals surface area contributed by atoms with Crippen molar-refractivity contribution >= 4 is 29.1 Å².